The van der Waals surface area contributed by atoms with Crippen molar-refractivity contribution in [1.29, 1.82) is 0 Å². The fourth-order valence-electron chi connectivity index (χ4n) is 2.88. The molecule has 1 aromatic rings. The van der Waals surface area contributed by atoms with E-state index < -0.39 is 10.8 Å². The van der Waals surface area contributed by atoms with Gasteiger partial charge >= 0.3 is 0 Å². The van der Waals surface area contributed by atoms with Crippen LogP contribution < -0.4 is 0 Å². The first kappa shape index (κ1) is 13.3. The van der Waals surface area contributed by atoms with Crippen LogP contribution in [0.25, 0.3) is 0 Å². The second kappa shape index (κ2) is 3.92. The molecule has 0 radical (unpaired) electrons. The zero-order valence-electron chi connectivity index (χ0n) is 11.1. The minimum absolute atomic E-state index is 0.0312. The highest BCUT2D eigenvalue weighted by molar-refractivity contribution is 6.30. The number of hydrogen-bond donors (Lipinski definition) is 0. The van der Waals surface area contributed by atoms with Gasteiger partial charge in [-0.05, 0) is 44.9 Å². The van der Waals surface area contributed by atoms with Crippen LogP contribution in [0.2, 0.25) is 0 Å². The molecule has 0 heterocycles. The lowest BCUT2D eigenvalue weighted by atomic mass is 9.80. The standard InChI is InChI=1S/C15H17ClO2/c1-14(2)10-6-5-9(12(17)8-16)7-11(10)15(3,4)13(14)18/h5-7H,8H2,1-4H3. The number of alkyl halides is 1. The zero-order chi connectivity index (χ0) is 13.7. The number of carbonyl (C=O) groups excluding carboxylic acids is 2. The molecule has 1 aliphatic rings. The molecule has 2 rings (SSSR count). The molecular weight excluding hydrogens is 248 g/mol. The van der Waals surface area contributed by atoms with Gasteiger partial charge in [0.25, 0.3) is 0 Å². The van der Waals surface area contributed by atoms with Crippen molar-refractivity contribution in [2.75, 3.05) is 5.88 Å². The Bertz CT molecular complexity index is 541. The van der Waals surface area contributed by atoms with Crippen LogP contribution in [0, 0.1) is 0 Å². The molecule has 0 spiro atoms. The zero-order valence-corrected chi connectivity index (χ0v) is 11.9. The quantitative estimate of drug-likeness (QED) is 0.607. The van der Waals surface area contributed by atoms with Gasteiger partial charge < -0.3 is 0 Å². The van der Waals surface area contributed by atoms with Crippen molar-refractivity contribution in [2.24, 2.45) is 0 Å². The molecule has 0 saturated carbocycles. The molecule has 0 amide bonds. The van der Waals surface area contributed by atoms with Crippen molar-refractivity contribution in [3.8, 4) is 0 Å². The van der Waals surface area contributed by atoms with E-state index in [2.05, 4.69) is 0 Å². The van der Waals surface area contributed by atoms with E-state index in [0.29, 0.717) is 5.56 Å². The number of ketones is 2. The summed E-state index contributed by atoms with van der Waals surface area (Å²) in [5.74, 6) is 0.0594. The third-order valence-corrected chi connectivity index (χ3v) is 4.19. The van der Waals surface area contributed by atoms with Crippen LogP contribution in [0.4, 0.5) is 0 Å². The average molecular weight is 265 g/mol. The summed E-state index contributed by atoms with van der Waals surface area (Å²) in [6.45, 7) is 7.70. The highest BCUT2D eigenvalue weighted by atomic mass is 35.5. The summed E-state index contributed by atoms with van der Waals surface area (Å²) in [7, 11) is 0. The van der Waals surface area contributed by atoms with Crippen molar-refractivity contribution in [2.45, 2.75) is 38.5 Å². The first-order chi connectivity index (χ1) is 8.22. The van der Waals surface area contributed by atoms with E-state index in [1.807, 2.05) is 39.8 Å². The number of Topliss-reactive ketones (excluding diaryl/α,β-unsaturated/α-hetero) is 2. The topological polar surface area (TPSA) is 34.1 Å². The van der Waals surface area contributed by atoms with E-state index in [9.17, 15) is 9.59 Å². The first-order valence-electron chi connectivity index (χ1n) is 6.02. The number of fused-ring (bicyclic) bond motifs is 1. The van der Waals surface area contributed by atoms with Crippen molar-refractivity contribution in [3.05, 3.63) is 34.9 Å². The van der Waals surface area contributed by atoms with E-state index in [0.717, 1.165) is 11.1 Å². The molecular formula is C15H17ClO2. The minimum atomic E-state index is -0.540. The number of hydrogen-bond acceptors (Lipinski definition) is 2. The van der Waals surface area contributed by atoms with Crippen molar-refractivity contribution in [3.63, 3.8) is 0 Å². The molecule has 0 aliphatic heterocycles. The first-order valence-corrected chi connectivity index (χ1v) is 6.55. The molecule has 0 N–H and O–H groups in total. The number of rotatable bonds is 2. The predicted octanol–water partition coefficient (Wildman–Crippen LogP) is 3.25. The fourth-order valence-corrected chi connectivity index (χ4v) is 3.04. The molecule has 0 unspecified atom stereocenters. The predicted molar refractivity (Wildman–Crippen MR) is 72.6 cm³/mol. The Morgan fingerprint density at radius 1 is 1.11 bits per heavy atom. The second-order valence-electron chi connectivity index (χ2n) is 5.90. The molecule has 18 heavy (non-hydrogen) atoms. The van der Waals surface area contributed by atoms with E-state index in [1.165, 1.54) is 0 Å². The van der Waals surface area contributed by atoms with Gasteiger partial charge in [-0.15, -0.1) is 11.6 Å². The second-order valence-corrected chi connectivity index (χ2v) is 6.16. The summed E-state index contributed by atoms with van der Waals surface area (Å²) >= 11 is 5.58. The Hall–Kier alpha value is -1.15. The van der Waals surface area contributed by atoms with Crippen LogP contribution in [0.15, 0.2) is 18.2 Å². The molecule has 2 nitrogen and oxygen atoms in total. The van der Waals surface area contributed by atoms with Crippen molar-refractivity contribution >= 4 is 23.2 Å². The van der Waals surface area contributed by atoms with Crippen LogP contribution in [-0.4, -0.2) is 17.4 Å². The monoisotopic (exact) mass is 264 g/mol. The summed E-state index contributed by atoms with van der Waals surface area (Å²) in [6, 6.07) is 5.48. The van der Waals surface area contributed by atoms with Gasteiger partial charge in [-0.1, -0.05) is 12.1 Å². The van der Waals surface area contributed by atoms with Gasteiger partial charge in [-0.2, -0.15) is 0 Å². The smallest absolute Gasteiger partial charge is 0.177 e. The largest absolute Gasteiger partial charge is 0.298 e. The molecule has 3 heteroatoms. The van der Waals surface area contributed by atoms with Crippen LogP contribution in [-0.2, 0) is 15.6 Å². The van der Waals surface area contributed by atoms with Crippen LogP contribution in [0.1, 0.15) is 49.2 Å². The third-order valence-electron chi connectivity index (χ3n) is 3.94. The third kappa shape index (κ3) is 1.63. The normalized spacial score (nSPS) is 19.7. The lowest BCUT2D eigenvalue weighted by Gasteiger charge is -2.21. The number of benzene rings is 1. The Morgan fingerprint density at radius 3 is 2.22 bits per heavy atom. The van der Waals surface area contributed by atoms with Crippen LogP contribution in [0.5, 0.6) is 0 Å². The average Bonchev–Trinajstić information content (AvgIpc) is 2.47. The number of carbonyl (C=O) groups is 2. The Balaban J connectivity index is 2.66. The van der Waals surface area contributed by atoms with Crippen molar-refractivity contribution < 1.29 is 9.59 Å². The Labute approximate surface area is 112 Å². The van der Waals surface area contributed by atoms with Crippen LogP contribution >= 0.6 is 11.6 Å². The van der Waals surface area contributed by atoms with E-state index in [-0.39, 0.29) is 17.4 Å². The highest BCUT2D eigenvalue weighted by Gasteiger charge is 2.50. The molecule has 0 aromatic heterocycles. The van der Waals surface area contributed by atoms with Gasteiger partial charge in [-0.25, -0.2) is 0 Å². The van der Waals surface area contributed by atoms with Gasteiger partial charge in [0, 0.05) is 16.4 Å². The highest BCUT2D eigenvalue weighted by Crippen LogP contribution is 2.46. The van der Waals surface area contributed by atoms with Gasteiger partial charge in [0.2, 0.25) is 0 Å². The Morgan fingerprint density at radius 2 is 1.67 bits per heavy atom. The summed E-state index contributed by atoms with van der Waals surface area (Å²) in [4.78, 5) is 24.1. The summed E-state index contributed by atoms with van der Waals surface area (Å²) in [5.41, 5.74) is 1.53. The lowest BCUT2D eigenvalue weighted by Crippen LogP contribution is -2.33. The molecule has 96 valence electrons. The van der Waals surface area contributed by atoms with Crippen molar-refractivity contribution in [1.82, 2.24) is 0 Å². The van der Waals surface area contributed by atoms with Gasteiger partial charge in [0.05, 0.1) is 5.88 Å². The minimum Gasteiger partial charge on any atom is -0.298 e. The SMILES string of the molecule is CC1(C)C(=O)C(C)(C)c2cc(C(=O)CCl)ccc21. The lowest BCUT2D eigenvalue weighted by molar-refractivity contribution is -0.126. The maximum absolute atomic E-state index is 12.4. The molecule has 0 saturated heterocycles. The maximum Gasteiger partial charge on any atom is 0.177 e. The van der Waals surface area contributed by atoms with Gasteiger partial charge in [0.15, 0.2) is 11.6 Å². The molecule has 0 atom stereocenters. The van der Waals surface area contributed by atoms with E-state index >= 15 is 0 Å². The summed E-state index contributed by atoms with van der Waals surface area (Å²) in [5, 5.41) is 0. The number of halogens is 1. The molecule has 1 aliphatic carbocycles. The van der Waals surface area contributed by atoms with Gasteiger partial charge in [-0.3, -0.25) is 9.59 Å². The summed E-state index contributed by atoms with van der Waals surface area (Å²) < 4.78 is 0. The molecule has 0 bridgehead atoms. The summed E-state index contributed by atoms with van der Waals surface area (Å²) in [6.07, 6.45) is 0. The van der Waals surface area contributed by atoms with E-state index in [4.69, 9.17) is 11.6 Å². The van der Waals surface area contributed by atoms with Crippen LogP contribution in [0.3, 0.4) is 0 Å². The maximum atomic E-state index is 12.4. The molecule has 1 aromatic carbocycles. The van der Waals surface area contributed by atoms with E-state index in [1.54, 1.807) is 6.07 Å². The fraction of sp³-hybridized carbons (Fsp3) is 0.467. The molecule has 0 fully saturated rings. The Kier molecular flexibility index (Phi) is 2.90. The van der Waals surface area contributed by atoms with Gasteiger partial charge in [0.1, 0.15) is 0 Å².